The van der Waals surface area contributed by atoms with E-state index in [0.29, 0.717) is 12.3 Å². The van der Waals surface area contributed by atoms with Crippen molar-refractivity contribution in [3.8, 4) is 0 Å². The van der Waals surface area contributed by atoms with Crippen molar-refractivity contribution >= 4 is 0 Å². The van der Waals surface area contributed by atoms with Crippen LogP contribution in [0.5, 0.6) is 0 Å². The van der Waals surface area contributed by atoms with Crippen LogP contribution in [-0.4, -0.2) is 83.1 Å². The Kier molecular flexibility index (Phi) is 11.5. The molecule has 0 amide bonds. The second kappa shape index (κ2) is 13.8. The summed E-state index contributed by atoms with van der Waals surface area (Å²) in [7, 11) is 2.29. The minimum atomic E-state index is 0.587. The van der Waals surface area contributed by atoms with Crippen LogP contribution in [0.1, 0.15) is 79.1 Å². The Morgan fingerprint density at radius 2 is 0.933 bits per heavy atom. The average molecular weight is 420 g/mol. The van der Waals surface area contributed by atoms with Crippen molar-refractivity contribution in [1.82, 2.24) is 24.5 Å². The van der Waals surface area contributed by atoms with Gasteiger partial charge in [0.2, 0.25) is 0 Å². The van der Waals surface area contributed by atoms with E-state index in [4.69, 9.17) is 0 Å². The molecule has 2 unspecified atom stereocenters. The Bertz CT molecular complexity index is 462. The fraction of sp³-hybridized carbons (Fsp3) is 0.840. The molecule has 0 fully saturated rings. The lowest BCUT2D eigenvalue weighted by atomic mass is 10.2. The normalized spacial score (nSPS) is 21.1. The van der Waals surface area contributed by atoms with Gasteiger partial charge in [-0.15, -0.1) is 0 Å². The van der Waals surface area contributed by atoms with E-state index in [1.165, 1.54) is 90.6 Å². The molecule has 0 saturated carbocycles. The van der Waals surface area contributed by atoms with Gasteiger partial charge in [-0.05, 0) is 58.7 Å². The molecule has 0 N–H and O–H groups in total. The smallest absolute Gasteiger partial charge is 0.101 e. The standard InChI is InChI=1S/C25H49N5/c1-6-12-24-27(14-8-3)20-22-29(24)18-10-16-26(5)17-11-19-30-23-21-28(15-9-4)25(30)13-7-2/h20-25H,6-19H2,1-5H3. The molecule has 2 rings (SSSR count). The first-order chi connectivity index (χ1) is 14.6. The van der Waals surface area contributed by atoms with E-state index in [1.807, 2.05) is 0 Å². The summed E-state index contributed by atoms with van der Waals surface area (Å²) in [6.45, 7) is 16.2. The van der Waals surface area contributed by atoms with Gasteiger partial charge in [0.1, 0.15) is 12.3 Å². The van der Waals surface area contributed by atoms with Gasteiger partial charge < -0.3 is 24.5 Å². The summed E-state index contributed by atoms with van der Waals surface area (Å²) in [4.78, 5) is 12.7. The molecule has 0 bridgehead atoms. The molecule has 0 spiro atoms. The van der Waals surface area contributed by atoms with E-state index >= 15 is 0 Å². The highest BCUT2D eigenvalue weighted by Gasteiger charge is 2.25. The average Bonchev–Trinajstić information content (AvgIpc) is 3.28. The Hall–Kier alpha value is -1.36. The molecule has 0 aliphatic carbocycles. The van der Waals surface area contributed by atoms with Crippen LogP contribution in [0, 0.1) is 0 Å². The predicted octanol–water partition coefficient (Wildman–Crippen LogP) is 4.95. The summed E-state index contributed by atoms with van der Waals surface area (Å²) in [6, 6.07) is 0. The molecule has 0 aromatic heterocycles. The number of hydrogen-bond donors (Lipinski definition) is 0. The largest absolute Gasteiger partial charge is 0.356 e. The fourth-order valence-electron chi connectivity index (χ4n) is 4.87. The van der Waals surface area contributed by atoms with Crippen molar-refractivity contribution in [3.05, 3.63) is 24.8 Å². The topological polar surface area (TPSA) is 16.2 Å². The van der Waals surface area contributed by atoms with Gasteiger partial charge in [-0.1, -0.05) is 40.5 Å². The van der Waals surface area contributed by atoms with Crippen LogP contribution in [0.25, 0.3) is 0 Å². The van der Waals surface area contributed by atoms with Crippen molar-refractivity contribution < 1.29 is 0 Å². The molecular weight excluding hydrogens is 370 g/mol. The second-order valence-electron chi connectivity index (χ2n) is 9.10. The lowest BCUT2D eigenvalue weighted by Gasteiger charge is -2.33. The molecular formula is C25H49N5. The van der Waals surface area contributed by atoms with Crippen LogP contribution < -0.4 is 0 Å². The molecule has 2 aliphatic rings. The monoisotopic (exact) mass is 419 g/mol. The van der Waals surface area contributed by atoms with Gasteiger partial charge in [0, 0.05) is 51.0 Å². The zero-order chi connectivity index (χ0) is 21.8. The van der Waals surface area contributed by atoms with E-state index in [1.54, 1.807) is 0 Å². The molecule has 2 aliphatic heterocycles. The molecule has 2 heterocycles. The van der Waals surface area contributed by atoms with E-state index in [0.717, 1.165) is 0 Å². The van der Waals surface area contributed by atoms with Gasteiger partial charge >= 0.3 is 0 Å². The van der Waals surface area contributed by atoms with Crippen LogP contribution in [-0.2, 0) is 0 Å². The van der Waals surface area contributed by atoms with Gasteiger partial charge in [-0.3, -0.25) is 0 Å². The van der Waals surface area contributed by atoms with E-state index in [9.17, 15) is 0 Å². The number of rotatable bonds is 16. The second-order valence-corrected chi connectivity index (χ2v) is 9.10. The van der Waals surface area contributed by atoms with Crippen LogP contribution in [0.4, 0.5) is 0 Å². The minimum Gasteiger partial charge on any atom is -0.356 e. The van der Waals surface area contributed by atoms with Gasteiger partial charge in [-0.2, -0.15) is 0 Å². The zero-order valence-corrected chi connectivity index (χ0v) is 20.6. The highest BCUT2D eigenvalue weighted by molar-refractivity contribution is 4.97. The third kappa shape index (κ3) is 7.40. The molecule has 5 nitrogen and oxygen atoms in total. The van der Waals surface area contributed by atoms with E-state index in [2.05, 4.69) is 84.0 Å². The fourth-order valence-corrected chi connectivity index (χ4v) is 4.87. The first-order valence-corrected chi connectivity index (χ1v) is 12.7. The summed E-state index contributed by atoms with van der Waals surface area (Å²) in [6.07, 6.45) is 20.4. The first kappa shape index (κ1) is 24.9. The lowest BCUT2D eigenvalue weighted by Crippen LogP contribution is -2.40. The highest BCUT2D eigenvalue weighted by Crippen LogP contribution is 2.22. The maximum Gasteiger partial charge on any atom is 0.101 e. The van der Waals surface area contributed by atoms with Gasteiger partial charge in [0.05, 0.1) is 0 Å². The lowest BCUT2D eigenvalue weighted by molar-refractivity contribution is 0.132. The minimum absolute atomic E-state index is 0.587. The van der Waals surface area contributed by atoms with Crippen LogP contribution >= 0.6 is 0 Å². The summed E-state index contributed by atoms with van der Waals surface area (Å²) in [5.74, 6) is 0. The maximum absolute atomic E-state index is 2.57. The summed E-state index contributed by atoms with van der Waals surface area (Å²) >= 11 is 0. The molecule has 2 atom stereocenters. The first-order valence-electron chi connectivity index (χ1n) is 12.7. The van der Waals surface area contributed by atoms with E-state index < -0.39 is 0 Å². The SMILES string of the molecule is CCCC1N(CCC)C=CN1CCCN(C)CCCN1C=CN(CCC)C1CCC. The van der Waals surface area contributed by atoms with Crippen LogP contribution in [0.2, 0.25) is 0 Å². The Morgan fingerprint density at radius 1 is 0.567 bits per heavy atom. The molecule has 0 aromatic rings. The third-order valence-electron chi connectivity index (χ3n) is 6.40. The predicted molar refractivity (Wildman–Crippen MR) is 130 cm³/mol. The Labute approximate surface area is 187 Å². The van der Waals surface area contributed by atoms with Gasteiger partial charge in [0.15, 0.2) is 0 Å². The molecule has 0 aromatic carbocycles. The van der Waals surface area contributed by atoms with Gasteiger partial charge in [-0.25, -0.2) is 0 Å². The molecule has 0 radical (unpaired) electrons. The molecule has 174 valence electrons. The number of hydrogen-bond acceptors (Lipinski definition) is 5. The zero-order valence-electron chi connectivity index (χ0n) is 20.6. The Morgan fingerprint density at radius 3 is 1.27 bits per heavy atom. The quantitative estimate of drug-likeness (QED) is 0.351. The van der Waals surface area contributed by atoms with Gasteiger partial charge in [0.25, 0.3) is 0 Å². The molecule has 30 heavy (non-hydrogen) atoms. The van der Waals surface area contributed by atoms with Crippen LogP contribution in [0.15, 0.2) is 24.8 Å². The molecule has 5 heteroatoms. The summed E-state index contributed by atoms with van der Waals surface area (Å²) in [5.41, 5.74) is 0. The highest BCUT2D eigenvalue weighted by atomic mass is 15.4. The van der Waals surface area contributed by atoms with Crippen molar-refractivity contribution in [2.45, 2.75) is 91.4 Å². The van der Waals surface area contributed by atoms with Crippen molar-refractivity contribution in [2.24, 2.45) is 0 Å². The third-order valence-corrected chi connectivity index (χ3v) is 6.40. The summed E-state index contributed by atoms with van der Waals surface area (Å²) in [5, 5.41) is 0. The van der Waals surface area contributed by atoms with Crippen LogP contribution in [0.3, 0.4) is 0 Å². The Balaban J connectivity index is 1.65. The molecule has 0 saturated heterocycles. The number of nitrogens with zero attached hydrogens (tertiary/aromatic N) is 5. The maximum atomic E-state index is 2.57. The van der Waals surface area contributed by atoms with Crippen molar-refractivity contribution in [1.29, 1.82) is 0 Å². The summed E-state index contributed by atoms with van der Waals surface area (Å²) < 4.78 is 0. The van der Waals surface area contributed by atoms with E-state index in [-0.39, 0.29) is 0 Å². The van der Waals surface area contributed by atoms with Crippen molar-refractivity contribution in [3.63, 3.8) is 0 Å². The van der Waals surface area contributed by atoms with Crippen molar-refractivity contribution in [2.75, 3.05) is 46.3 Å².